The number of halogens is 1. The molecule has 2 aromatic carbocycles. The van der Waals surface area contributed by atoms with E-state index >= 15 is 0 Å². The smallest absolute Gasteiger partial charge is 0.305 e. The highest BCUT2D eigenvalue weighted by atomic mass is 35.5. The Morgan fingerprint density at radius 1 is 1.07 bits per heavy atom. The van der Waals surface area contributed by atoms with Crippen LogP contribution in [-0.4, -0.2) is 33.9 Å². The van der Waals surface area contributed by atoms with Gasteiger partial charge in [0.25, 0.3) is 0 Å². The fourth-order valence-corrected chi connectivity index (χ4v) is 3.37. The fraction of sp³-hybridized carbons (Fsp3) is 0.222. The number of esters is 1. The highest BCUT2D eigenvalue weighted by Gasteiger charge is 2.13. The van der Waals surface area contributed by atoms with Gasteiger partial charge in [-0.3, -0.25) is 10.2 Å². The minimum Gasteiger partial charge on any atom is -0.469 e. The first-order valence-corrected chi connectivity index (χ1v) is 9.43. The normalized spacial score (nSPS) is 10.7. The van der Waals surface area contributed by atoms with Crippen molar-refractivity contribution in [2.75, 3.05) is 13.7 Å². The molecule has 2 rings (SSSR count). The second-order valence-corrected chi connectivity index (χ2v) is 7.36. The van der Waals surface area contributed by atoms with Crippen molar-refractivity contribution in [3.05, 3.63) is 54.1 Å². The highest BCUT2D eigenvalue weighted by Crippen LogP contribution is 2.21. The number of hydrogen-bond acceptors (Lipinski definition) is 5. The van der Waals surface area contributed by atoms with Gasteiger partial charge in [0.15, 0.2) is 0 Å². The molecule has 0 aliphatic carbocycles. The molecule has 0 aromatic heterocycles. The maximum Gasteiger partial charge on any atom is 0.305 e. The lowest BCUT2D eigenvalue weighted by Crippen LogP contribution is -2.25. The number of nitrogens with two attached hydrogens (primary N) is 1. The summed E-state index contributed by atoms with van der Waals surface area (Å²) in [6, 6.07) is 13.6. The van der Waals surface area contributed by atoms with Crippen molar-refractivity contribution in [3.63, 3.8) is 0 Å². The molecule has 7 nitrogen and oxygen atoms in total. The molecule has 9 heteroatoms. The summed E-state index contributed by atoms with van der Waals surface area (Å²) in [6.45, 7) is 0.158. The summed E-state index contributed by atoms with van der Waals surface area (Å²) < 4.78 is 31.5. The Balaban J connectivity index is 0.00000364. The van der Waals surface area contributed by atoms with Crippen LogP contribution >= 0.6 is 12.4 Å². The zero-order valence-corrected chi connectivity index (χ0v) is 16.4. The molecule has 0 aliphatic rings. The topological polar surface area (TPSA) is 122 Å². The van der Waals surface area contributed by atoms with Crippen molar-refractivity contribution in [1.82, 2.24) is 4.72 Å². The monoisotopic (exact) mass is 411 g/mol. The second kappa shape index (κ2) is 10.1. The number of sulfonamides is 1. The Kier molecular flexibility index (Phi) is 8.42. The van der Waals surface area contributed by atoms with Crippen molar-refractivity contribution in [1.29, 1.82) is 5.41 Å². The highest BCUT2D eigenvalue weighted by molar-refractivity contribution is 7.89. The molecule has 0 unspecified atom stereocenters. The molecule has 2 aromatic rings. The summed E-state index contributed by atoms with van der Waals surface area (Å²) >= 11 is 0. The third-order valence-electron chi connectivity index (χ3n) is 3.77. The van der Waals surface area contributed by atoms with Crippen LogP contribution in [0.2, 0.25) is 0 Å². The Morgan fingerprint density at radius 2 is 1.59 bits per heavy atom. The van der Waals surface area contributed by atoms with Crippen LogP contribution in [0, 0.1) is 5.41 Å². The van der Waals surface area contributed by atoms with E-state index in [4.69, 9.17) is 11.1 Å². The Morgan fingerprint density at radius 3 is 2.07 bits per heavy atom. The van der Waals surface area contributed by atoms with E-state index in [1.807, 2.05) is 12.1 Å². The van der Waals surface area contributed by atoms with Crippen LogP contribution in [0.25, 0.3) is 11.1 Å². The van der Waals surface area contributed by atoms with Crippen LogP contribution in [0.5, 0.6) is 0 Å². The van der Waals surface area contributed by atoms with Crippen molar-refractivity contribution in [2.24, 2.45) is 5.73 Å². The number of nitrogens with one attached hydrogen (secondary N) is 2. The third kappa shape index (κ3) is 6.35. The SMILES string of the molecule is COC(=O)CCCNS(=O)(=O)c1ccc(-c2ccc(C(=N)N)cc2)cc1.Cl. The van der Waals surface area contributed by atoms with Gasteiger partial charge in [-0.2, -0.15) is 0 Å². The number of hydrogen-bond donors (Lipinski definition) is 3. The van der Waals surface area contributed by atoms with Crippen molar-refractivity contribution in [2.45, 2.75) is 17.7 Å². The molecule has 0 saturated carbocycles. The molecule has 0 heterocycles. The summed E-state index contributed by atoms with van der Waals surface area (Å²) in [5, 5.41) is 7.39. The van der Waals surface area contributed by atoms with E-state index in [0.717, 1.165) is 11.1 Å². The van der Waals surface area contributed by atoms with Crippen molar-refractivity contribution >= 4 is 34.2 Å². The first-order chi connectivity index (χ1) is 12.3. The molecular weight excluding hydrogens is 390 g/mol. The molecule has 0 saturated heterocycles. The maximum absolute atomic E-state index is 12.2. The van der Waals surface area contributed by atoms with Gasteiger partial charge in [0.2, 0.25) is 10.0 Å². The second-order valence-electron chi connectivity index (χ2n) is 5.59. The predicted molar refractivity (Wildman–Crippen MR) is 107 cm³/mol. The van der Waals surface area contributed by atoms with Crippen LogP contribution in [0.15, 0.2) is 53.4 Å². The molecule has 0 fully saturated rings. The van der Waals surface area contributed by atoms with Crippen LogP contribution in [-0.2, 0) is 19.6 Å². The lowest BCUT2D eigenvalue weighted by molar-refractivity contribution is -0.140. The number of carbonyl (C=O) groups is 1. The van der Waals surface area contributed by atoms with E-state index in [0.29, 0.717) is 12.0 Å². The van der Waals surface area contributed by atoms with E-state index < -0.39 is 10.0 Å². The van der Waals surface area contributed by atoms with Crippen LogP contribution in [0.4, 0.5) is 0 Å². The Hall–Kier alpha value is -2.42. The van der Waals surface area contributed by atoms with Gasteiger partial charge in [-0.15, -0.1) is 12.4 Å². The molecule has 0 aliphatic heterocycles. The molecule has 4 N–H and O–H groups in total. The number of amidine groups is 1. The summed E-state index contributed by atoms with van der Waals surface area (Å²) in [5.41, 5.74) is 7.80. The number of methoxy groups -OCH3 is 1. The fourth-order valence-electron chi connectivity index (χ4n) is 2.29. The van der Waals surface area contributed by atoms with Crippen LogP contribution < -0.4 is 10.5 Å². The van der Waals surface area contributed by atoms with Crippen LogP contribution in [0.1, 0.15) is 18.4 Å². The van der Waals surface area contributed by atoms with Gasteiger partial charge >= 0.3 is 5.97 Å². The molecule has 0 atom stereocenters. The van der Waals surface area contributed by atoms with E-state index in [1.165, 1.54) is 19.2 Å². The van der Waals surface area contributed by atoms with Crippen molar-refractivity contribution in [3.8, 4) is 11.1 Å². The number of rotatable bonds is 8. The van der Waals surface area contributed by atoms with E-state index in [2.05, 4.69) is 9.46 Å². The standard InChI is InChI=1S/C18H21N3O4S.ClH/c1-25-17(22)3-2-12-21-26(23,24)16-10-8-14(9-11-16)13-4-6-15(7-5-13)18(19)20;/h4-11,21H,2-3,12H2,1H3,(H3,19,20);1H. The van der Waals surface area contributed by atoms with Crippen molar-refractivity contribution < 1.29 is 17.9 Å². The molecule has 0 bridgehead atoms. The number of nitrogen functional groups attached to an aromatic ring is 1. The summed E-state index contributed by atoms with van der Waals surface area (Å²) in [4.78, 5) is 11.2. The molecule has 27 heavy (non-hydrogen) atoms. The first-order valence-electron chi connectivity index (χ1n) is 7.95. The number of carbonyl (C=O) groups excluding carboxylic acids is 1. The quantitative estimate of drug-likeness (QED) is 0.266. The summed E-state index contributed by atoms with van der Waals surface area (Å²) in [6.07, 6.45) is 0.528. The first kappa shape index (κ1) is 22.6. The molecule has 0 spiro atoms. The van der Waals surface area contributed by atoms with E-state index in [1.54, 1.807) is 24.3 Å². The maximum atomic E-state index is 12.2. The van der Waals surface area contributed by atoms with Gasteiger partial charge in [-0.05, 0) is 29.7 Å². The number of benzene rings is 2. The summed E-state index contributed by atoms with van der Waals surface area (Å²) in [7, 11) is -2.34. The lowest BCUT2D eigenvalue weighted by atomic mass is 10.0. The Bertz CT molecular complexity index is 882. The van der Waals surface area contributed by atoms with Gasteiger partial charge < -0.3 is 10.5 Å². The van der Waals surface area contributed by atoms with Gasteiger partial charge in [-0.1, -0.05) is 36.4 Å². The number of ether oxygens (including phenoxy) is 1. The minimum absolute atomic E-state index is 0. The molecular formula is C18H22ClN3O4S. The van der Waals surface area contributed by atoms with Gasteiger partial charge in [0.05, 0.1) is 12.0 Å². The third-order valence-corrected chi connectivity index (χ3v) is 5.25. The Labute approximate surface area is 164 Å². The lowest BCUT2D eigenvalue weighted by Gasteiger charge is -2.08. The average Bonchev–Trinajstić information content (AvgIpc) is 2.65. The van der Waals surface area contributed by atoms with Gasteiger partial charge in [0, 0.05) is 18.5 Å². The zero-order chi connectivity index (χ0) is 19.2. The summed E-state index contributed by atoms with van der Waals surface area (Å²) in [5.74, 6) is -0.374. The largest absolute Gasteiger partial charge is 0.469 e. The predicted octanol–water partition coefficient (Wildman–Crippen LogP) is 2.29. The van der Waals surface area contributed by atoms with Crippen LogP contribution in [0.3, 0.4) is 0 Å². The average molecular weight is 412 g/mol. The zero-order valence-electron chi connectivity index (χ0n) is 14.8. The van der Waals surface area contributed by atoms with E-state index in [9.17, 15) is 13.2 Å². The molecule has 0 amide bonds. The van der Waals surface area contributed by atoms with Gasteiger partial charge in [-0.25, -0.2) is 13.1 Å². The van der Waals surface area contributed by atoms with E-state index in [-0.39, 0.29) is 42.1 Å². The molecule has 0 radical (unpaired) electrons. The minimum atomic E-state index is -3.63. The molecule has 146 valence electrons. The van der Waals surface area contributed by atoms with Gasteiger partial charge in [0.1, 0.15) is 5.84 Å².